The zero-order valence-corrected chi connectivity index (χ0v) is 30.7. The molecule has 2 atom stereocenters. The SMILES string of the molecule is C=C(C)/C=C\C(C)=O.CC.CC.CCCC(C)C.COc1ccc(C(C)C2C=C(c3cc(C)ccc3C)CCN2)cc1OC. The van der Waals surface area contributed by atoms with Crippen LogP contribution in [0.1, 0.15) is 117 Å². The van der Waals surface area contributed by atoms with Crippen LogP contribution >= 0.6 is 0 Å². The summed E-state index contributed by atoms with van der Waals surface area (Å²) in [6.45, 7) is 29.3. The quantitative estimate of drug-likeness (QED) is 0.227. The fraction of sp³-hybridized carbons (Fsp3) is 0.525. The second-order valence-electron chi connectivity index (χ2n) is 11.1. The van der Waals surface area contributed by atoms with Gasteiger partial charge in [-0.15, -0.1) is 0 Å². The number of nitrogens with one attached hydrogen (secondary N) is 1. The van der Waals surface area contributed by atoms with E-state index in [1.807, 2.05) is 40.7 Å². The highest BCUT2D eigenvalue weighted by molar-refractivity contribution is 5.87. The van der Waals surface area contributed by atoms with E-state index in [2.05, 4.69) is 89.8 Å². The van der Waals surface area contributed by atoms with Crippen molar-refractivity contribution in [3.8, 4) is 11.5 Å². The predicted octanol–water partition coefficient (Wildman–Crippen LogP) is 11.1. The van der Waals surface area contributed by atoms with Crippen LogP contribution in [-0.2, 0) is 4.79 Å². The number of ether oxygens (including phenoxy) is 2. The molecule has 0 amide bonds. The van der Waals surface area contributed by atoms with Crippen LogP contribution in [0.3, 0.4) is 0 Å². The zero-order chi connectivity index (χ0) is 34.2. The van der Waals surface area contributed by atoms with Crippen LogP contribution in [-0.4, -0.2) is 32.6 Å². The molecule has 0 fully saturated rings. The third-order valence-electron chi connectivity index (χ3n) is 6.83. The maximum atomic E-state index is 10.2. The Kier molecular flexibility index (Phi) is 24.7. The van der Waals surface area contributed by atoms with Gasteiger partial charge in [0.25, 0.3) is 0 Å². The number of carbonyl (C=O) groups excluding carboxylic acids is 1. The number of hydrogen-bond acceptors (Lipinski definition) is 4. The molecule has 248 valence electrons. The number of carbonyl (C=O) groups is 1. The molecule has 0 saturated carbocycles. The molecule has 44 heavy (non-hydrogen) atoms. The second kappa shape index (κ2) is 25.2. The summed E-state index contributed by atoms with van der Waals surface area (Å²) in [4.78, 5) is 10.2. The fourth-order valence-corrected chi connectivity index (χ4v) is 4.54. The van der Waals surface area contributed by atoms with E-state index in [-0.39, 0.29) is 5.78 Å². The van der Waals surface area contributed by atoms with Gasteiger partial charge in [0.1, 0.15) is 0 Å². The van der Waals surface area contributed by atoms with Crippen LogP contribution in [0.15, 0.2) is 66.8 Å². The van der Waals surface area contributed by atoms with Crippen LogP contribution in [0.2, 0.25) is 0 Å². The van der Waals surface area contributed by atoms with Crippen LogP contribution in [0.25, 0.3) is 5.57 Å². The molecule has 4 heteroatoms. The van der Waals surface area contributed by atoms with Gasteiger partial charge in [0.2, 0.25) is 0 Å². The number of benzene rings is 2. The van der Waals surface area contributed by atoms with Gasteiger partial charge in [0.05, 0.1) is 14.2 Å². The third kappa shape index (κ3) is 17.3. The summed E-state index contributed by atoms with van der Waals surface area (Å²) < 4.78 is 10.8. The van der Waals surface area contributed by atoms with Crippen molar-refractivity contribution < 1.29 is 14.3 Å². The van der Waals surface area contributed by atoms with Crippen molar-refractivity contribution in [2.45, 2.75) is 114 Å². The molecule has 0 saturated heterocycles. The Hall–Kier alpha value is -3.11. The maximum Gasteiger partial charge on any atom is 0.160 e. The number of allylic oxidation sites excluding steroid dienone is 3. The molecule has 0 bridgehead atoms. The molecule has 1 aliphatic rings. The highest BCUT2D eigenvalue weighted by Crippen LogP contribution is 2.34. The van der Waals surface area contributed by atoms with E-state index in [9.17, 15) is 4.79 Å². The molecule has 1 N–H and O–H groups in total. The summed E-state index contributed by atoms with van der Waals surface area (Å²) in [6.07, 6.45) is 9.38. The average molecular weight is 608 g/mol. The van der Waals surface area contributed by atoms with Crippen LogP contribution in [0.5, 0.6) is 11.5 Å². The Morgan fingerprint density at radius 1 is 0.955 bits per heavy atom. The first-order valence-corrected chi connectivity index (χ1v) is 16.5. The van der Waals surface area contributed by atoms with Gasteiger partial charge in [-0.25, -0.2) is 0 Å². The standard InChI is InChI=1S/C23H29NO2.C7H10O.C6H14.2C2H6/c1-15-6-7-16(2)20(12-15)19-10-11-24-21(13-19)17(3)18-8-9-22(25-4)23(14-18)26-5;1-6(2)4-5-7(3)8;1-4-5-6(2)3;2*1-2/h6-9,12-14,17,21,24H,10-11H2,1-5H3;4-5H,1H2,2-3H3;6H,4-5H2,1-3H3;2*1-2H3/b;5-4-;;;. The van der Waals surface area contributed by atoms with E-state index in [0.717, 1.165) is 36.0 Å². The minimum Gasteiger partial charge on any atom is -0.493 e. The molecule has 1 aliphatic heterocycles. The Balaban J connectivity index is 0. The number of aryl methyl sites for hydroxylation is 2. The molecule has 0 spiro atoms. The van der Waals surface area contributed by atoms with Gasteiger partial charge in [0, 0.05) is 12.0 Å². The van der Waals surface area contributed by atoms with E-state index in [0.29, 0.717) is 12.0 Å². The van der Waals surface area contributed by atoms with Crippen molar-refractivity contribution in [2.75, 3.05) is 20.8 Å². The number of hydrogen-bond donors (Lipinski definition) is 1. The van der Waals surface area contributed by atoms with Crippen LogP contribution in [0.4, 0.5) is 0 Å². The molecule has 2 aromatic carbocycles. The van der Waals surface area contributed by atoms with Gasteiger partial charge >= 0.3 is 0 Å². The Bertz CT molecular complexity index is 1130. The van der Waals surface area contributed by atoms with Gasteiger partial charge in [-0.2, -0.15) is 0 Å². The summed E-state index contributed by atoms with van der Waals surface area (Å²) >= 11 is 0. The topological polar surface area (TPSA) is 47.6 Å². The number of ketones is 1. The lowest BCUT2D eigenvalue weighted by atomic mass is 9.86. The fourth-order valence-electron chi connectivity index (χ4n) is 4.54. The Labute approximate surface area is 272 Å². The Morgan fingerprint density at radius 2 is 1.57 bits per heavy atom. The lowest BCUT2D eigenvalue weighted by molar-refractivity contribution is -0.112. The minimum absolute atomic E-state index is 0.0630. The van der Waals surface area contributed by atoms with Crippen molar-refractivity contribution in [2.24, 2.45) is 5.92 Å². The van der Waals surface area contributed by atoms with Crippen molar-refractivity contribution >= 4 is 11.4 Å². The molecular weight excluding hydrogens is 542 g/mol. The zero-order valence-electron chi connectivity index (χ0n) is 30.7. The lowest BCUT2D eigenvalue weighted by Gasteiger charge is -2.29. The van der Waals surface area contributed by atoms with E-state index in [1.165, 1.54) is 53.7 Å². The van der Waals surface area contributed by atoms with Crippen molar-refractivity contribution in [1.29, 1.82) is 0 Å². The van der Waals surface area contributed by atoms with Crippen molar-refractivity contribution in [3.05, 3.63) is 89.0 Å². The summed E-state index contributed by atoms with van der Waals surface area (Å²) in [5.41, 5.74) is 7.65. The molecule has 4 nitrogen and oxygen atoms in total. The summed E-state index contributed by atoms with van der Waals surface area (Å²) in [7, 11) is 3.35. The van der Waals surface area contributed by atoms with E-state index >= 15 is 0 Å². The molecule has 0 aromatic heterocycles. The van der Waals surface area contributed by atoms with Crippen molar-refractivity contribution in [1.82, 2.24) is 5.32 Å². The lowest BCUT2D eigenvalue weighted by Crippen LogP contribution is -2.36. The van der Waals surface area contributed by atoms with Gasteiger partial charge in [-0.1, -0.05) is 122 Å². The number of rotatable bonds is 9. The molecule has 0 aliphatic carbocycles. The molecule has 2 aromatic rings. The van der Waals surface area contributed by atoms with Crippen LogP contribution in [0, 0.1) is 19.8 Å². The monoisotopic (exact) mass is 607 g/mol. The highest BCUT2D eigenvalue weighted by Gasteiger charge is 2.22. The smallest absolute Gasteiger partial charge is 0.160 e. The molecule has 0 radical (unpaired) electrons. The highest BCUT2D eigenvalue weighted by atomic mass is 16.5. The van der Waals surface area contributed by atoms with Crippen LogP contribution < -0.4 is 14.8 Å². The average Bonchev–Trinajstić information content (AvgIpc) is 3.03. The number of methoxy groups -OCH3 is 2. The second-order valence-corrected chi connectivity index (χ2v) is 11.1. The molecule has 2 unspecified atom stereocenters. The van der Waals surface area contributed by atoms with Gasteiger partial charge < -0.3 is 14.8 Å². The van der Waals surface area contributed by atoms with Gasteiger partial charge in [-0.05, 0) is 87.1 Å². The van der Waals surface area contributed by atoms with E-state index < -0.39 is 0 Å². The first-order chi connectivity index (χ1) is 20.9. The normalized spacial score (nSPS) is 14.2. The largest absolute Gasteiger partial charge is 0.493 e. The van der Waals surface area contributed by atoms with Gasteiger partial charge in [-0.3, -0.25) is 4.79 Å². The van der Waals surface area contributed by atoms with E-state index in [4.69, 9.17) is 9.47 Å². The summed E-state index contributed by atoms with van der Waals surface area (Å²) in [5, 5.41) is 3.67. The molecule has 1 heterocycles. The molecule has 3 rings (SSSR count). The summed E-state index contributed by atoms with van der Waals surface area (Å²) in [5.74, 6) is 2.86. The third-order valence-corrected chi connectivity index (χ3v) is 6.83. The van der Waals surface area contributed by atoms with Crippen molar-refractivity contribution in [3.63, 3.8) is 0 Å². The predicted molar refractivity (Wildman–Crippen MR) is 195 cm³/mol. The maximum absolute atomic E-state index is 10.2. The first-order valence-electron chi connectivity index (χ1n) is 16.5. The van der Waals surface area contributed by atoms with Gasteiger partial charge in [0.15, 0.2) is 17.3 Å². The minimum atomic E-state index is 0.0630. The van der Waals surface area contributed by atoms with E-state index in [1.54, 1.807) is 20.3 Å². The summed E-state index contributed by atoms with van der Waals surface area (Å²) in [6, 6.07) is 13.2. The molecular formula is C40H65NO3. The first kappa shape index (κ1) is 43.0. The Morgan fingerprint density at radius 3 is 2.02 bits per heavy atom.